The van der Waals surface area contributed by atoms with Crippen LogP contribution in [-0.2, 0) is 9.59 Å². The first-order chi connectivity index (χ1) is 11.3. The minimum absolute atomic E-state index is 0.0122. The van der Waals surface area contributed by atoms with Gasteiger partial charge in [-0.2, -0.15) is 8.78 Å². The van der Waals surface area contributed by atoms with Crippen LogP contribution in [0.1, 0.15) is 5.56 Å². The number of nitrogens with zero attached hydrogens (tertiary/aromatic N) is 2. The molecule has 1 aromatic rings. The van der Waals surface area contributed by atoms with E-state index in [1.165, 1.54) is 39.4 Å². The Morgan fingerprint density at radius 1 is 1.08 bits per heavy atom. The van der Waals surface area contributed by atoms with Gasteiger partial charge in [-0.3, -0.25) is 19.4 Å². The average Bonchev–Trinajstić information content (AvgIpc) is 2.55. The van der Waals surface area contributed by atoms with Crippen molar-refractivity contribution in [3.63, 3.8) is 0 Å². The van der Waals surface area contributed by atoms with Gasteiger partial charge in [0.05, 0.1) is 7.11 Å². The summed E-state index contributed by atoms with van der Waals surface area (Å²) in [4.78, 5) is 37.5. The van der Waals surface area contributed by atoms with Crippen LogP contribution in [0, 0.1) is 0 Å². The van der Waals surface area contributed by atoms with Gasteiger partial charge < -0.3 is 9.47 Å². The molecular formula is C15H14F2N2O5. The van der Waals surface area contributed by atoms with Gasteiger partial charge in [-0.25, -0.2) is 4.79 Å². The number of carbonyl (C=O) groups is 3. The van der Waals surface area contributed by atoms with Crippen LogP contribution in [0.25, 0.3) is 6.08 Å². The number of imide groups is 2. The molecule has 1 fully saturated rings. The second kappa shape index (κ2) is 6.65. The van der Waals surface area contributed by atoms with Gasteiger partial charge in [-0.1, -0.05) is 12.1 Å². The monoisotopic (exact) mass is 340 g/mol. The number of hydrogen-bond acceptors (Lipinski definition) is 5. The predicted octanol–water partition coefficient (Wildman–Crippen LogP) is 1.73. The lowest BCUT2D eigenvalue weighted by molar-refractivity contribution is -0.134. The first-order valence-corrected chi connectivity index (χ1v) is 6.71. The fourth-order valence-corrected chi connectivity index (χ4v) is 2.15. The third-order valence-electron chi connectivity index (χ3n) is 3.38. The minimum atomic E-state index is -3.12. The first-order valence-electron chi connectivity index (χ1n) is 6.71. The normalized spacial score (nSPS) is 15.2. The van der Waals surface area contributed by atoms with Crippen molar-refractivity contribution in [2.45, 2.75) is 6.61 Å². The zero-order valence-electron chi connectivity index (χ0n) is 13.1. The first kappa shape index (κ1) is 17.4. The summed E-state index contributed by atoms with van der Waals surface area (Å²) in [5.41, 5.74) is -0.311. The molecule has 0 radical (unpaired) electrons. The number of methoxy groups -OCH3 is 1. The third-order valence-corrected chi connectivity index (χ3v) is 3.38. The molecule has 0 aliphatic carbocycles. The smallest absolute Gasteiger partial charge is 0.387 e. The summed E-state index contributed by atoms with van der Waals surface area (Å²) >= 11 is 0. The van der Waals surface area contributed by atoms with Crippen LogP contribution >= 0.6 is 0 Å². The van der Waals surface area contributed by atoms with E-state index in [1.54, 1.807) is 0 Å². The second-order valence-electron chi connectivity index (χ2n) is 4.83. The van der Waals surface area contributed by atoms with Crippen LogP contribution in [0.4, 0.5) is 13.6 Å². The Bertz CT molecular complexity index is 707. The molecule has 1 aliphatic heterocycles. The summed E-state index contributed by atoms with van der Waals surface area (Å²) in [6.45, 7) is -3.12. The highest BCUT2D eigenvalue weighted by atomic mass is 19.3. The summed E-state index contributed by atoms with van der Waals surface area (Å²) in [6.07, 6.45) is 1.09. The summed E-state index contributed by atoms with van der Waals surface area (Å²) in [5.74, 6) is -1.98. The number of benzene rings is 1. The molecule has 0 bridgehead atoms. The molecule has 9 heteroatoms. The average molecular weight is 340 g/mol. The van der Waals surface area contributed by atoms with Gasteiger partial charge in [0.15, 0.2) is 11.5 Å². The van der Waals surface area contributed by atoms with E-state index in [4.69, 9.17) is 4.74 Å². The van der Waals surface area contributed by atoms with Crippen molar-refractivity contribution in [1.29, 1.82) is 0 Å². The molecular weight excluding hydrogens is 326 g/mol. The van der Waals surface area contributed by atoms with Crippen molar-refractivity contribution in [3.8, 4) is 11.5 Å². The lowest BCUT2D eigenvalue weighted by Gasteiger charge is -2.29. The maximum atomic E-state index is 12.6. The maximum Gasteiger partial charge on any atom is 0.387 e. The number of ether oxygens (including phenoxy) is 2. The van der Waals surface area contributed by atoms with Gasteiger partial charge in [0.2, 0.25) is 0 Å². The number of barbiturate groups is 1. The minimum Gasteiger partial charge on any atom is -0.493 e. The van der Waals surface area contributed by atoms with E-state index >= 15 is 0 Å². The highest BCUT2D eigenvalue weighted by molar-refractivity contribution is 6.30. The summed E-state index contributed by atoms with van der Waals surface area (Å²) in [5, 5.41) is 0. The Morgan fingerprint density at radius 3 is 2.17 bits per heavy atom. The fourth-order valence-electron chi connectivity index (χ4n) is 2.15. The number of rotatable bonds is 4. The van der Waals surface area contributed by atoms with Crippen LogP contribution in [0.5, 0.6) is 11.5 Å². The largest absolute Gasteiger partial charge is 0.493 e. The number of para-hydroxylation sites is 1. The molecule has 1 aromatic carbocycles. The number of hydrogen-bond donors (Lipinski definition) is 0. The number of likely N-dealkylation sites (N-methyl/N-ethyl adjacent to an activating group) is 2. The summed E-state index contributed by atoms with van der Waals surface area (Å²) < 4.78 is 34.7. The Balaban J connectivity index is 2.56. The Hall–Kier alpha value is -2.97. The van der Waals surface area contributed by atoms with Gasteiger partial charge >= 0.3 is 12.6 Å². The molecule has 0 N–H and O–H groups in total. The van der Waals surface area contributed by atoms with Crippen molar-refractivity contribution in [3.05, 3.63) is 29.3 Å². The van der Waals surface area contributed by atoms with E-state index in [2.05, 4.69) is 4.74 Å². The predicted molar refractivity (Wildman–Crippen MR) is 78.5 cm³/mol. The van der Waals surface area contributed by atoms with E-state index in [0.717, 1.165) is 15.9 Å². The molecule has 2 rings (SSSR count). The van der Waals surface area contributed by atoms with Gasteiger partial charge in [0.1, 0.15) is 5.57 Å². The molecule has 0 spiro atoms. The third kappa shape index (κ3) is 3.05. The van der Waals surface area contributed by atoms with E-state index in [0.29, 0.717) is 0 Å². The number of carbonyl (C=O) groups excluding carboxylic acids is 3. The Labute approximate surface area is 136 Å². The molecule has 0 aromatic heterocycles. The fraction of sp³-hybridized carbons (Fsp3) is 0.267. The molecule has 128 valence electrons. The second-order valence-corrected chi connectivity index (χ2v) is 4.83. The number of urea groups is 1. The molecule has 24 heavy (non-hydrogen) atoms. The van der Waals surface area contributed by atoms with Crippen molar-refractivity contribution in [1.82, 2.24) is 9.80 Å². The molecule has 0 atom stereocenters. The SMILES string of the molecule is COc1cccc(C=C2C(=O)N(C)C(=O)N(C)C2=O)c1OC(F)F. The molecule has 0 unspecified atom stereocenters. The quantitative estimate of drug-likeness (QED) is 0.616. The van der Waals surface area contributed by atoms with Crippen molar-refractivity contribution >= 4 is 23.9 Å². The van der Waals surface area contributed by atoms with E-state index in [9.17, 15) is 23.2 Å². The topological polar surface area (TPSA) is 76.2 Å². The van der Waals surface area contributed by atoms with Crippen molar-refractivity contribution in [2.24, 2.45) is 0 Å². The highest BCUT2D eigenvalue weighted by Crippen LogP contribution is 2.34. The molecule has 4 amide bonds. The molecule has 7 nitrogen and oxygen atoms in total. The van der Waals surface area contributed by atoms with Crippen LogP contribution in [0.15, 0.2) is 23.8 Å². The van der Waals surface area contributed by atoms with Crippen molar-refractivity contribution < 1.29 is 32.6 Å². The van der Waals surface area contributed by atoms with Gasteiger partial charge in [-0.05, 0) is 12.1 Å². The Kier molecular flexibility index (Phi) is 4.82. The molecule has 0 saturated carbocycles. The molecule has 1 heterocycles. The van der Waals surface area contributed by atoms with Crippen molar-refractivity contribution in [2.75, 3.05) is 21.2 Å². The summed E-state index contributed by atoms with van der Waals surface area (Å²) in [7, 11) is 3.69. The molecule has 1 aliphatic rings. The number of halogens is 2. The van der Waals surface area contributed by atoms with Gasteiger partial charge in [0, 0.05) is 19.7 Å². The summed E-state index contributed by atoms with van der Waals surface area (Å²) in [6, 6.07) is 3.48. The number of alkyl halides is 2. The van der Waals surface area contributed by atoms with Crippen LogP contribution < -0.4 is 9.47 Å². The zero-order chi connectivity index (χ0) is 18.0. The van der Waals surface area contributed by atoms with E-state index in [-0.39, 0.29) is 22.6 Å². The standard InChI is InChI=1S/C15H14F2N2O5/c1-18-12(20)9(13(21)19(2)15(18)22)7-8-5-4-6-10(23-3)11(8)24-14(16)17/h4-7,14H,1-3H3. The van der Waals surface area contributed by atoms with Crippen LogP contribution in [0.2, 0.25) is 0 Å². The van der Waals surface area contributed by atoms with Gasteiger partial charge in [0.25, 0.3) is 11.8 Å². The van der Waals surface area contributed by atoms with E-state index in [1.807, 2.05) is 0 Å². The van der Waals surface area contributed by atoms with Crippen LogP contribution in [-0.4, -0.2) is 55.5 Å². The maximum absolute atomic E-state index is 12.6. The lowest BCUT2D eigenvalue weighted by atomic mass is 10.1. The zero-order valence-corrected chi connectivity index (χ0v) is 13.1. The molecule has 1 saturated heterocycles. The lowest BCUT2D eigenvalue weighted by Crippen LogP contribution is -2.52. The Morgan fingerprint density at radius 2 is 1.67 bits per heavy atom. The van der Waals surface area contributed by atoms with Gasteiger partial charge in [-0.15, -0.1) is 0 Å². The van der Waals surface area contributed by atoms with Crippen LogP contribution in [0.3, 0.4) is 0 Å². The highest BCUT2D eigenvalue weighted by Gasteiger charge is 2.38. The van der Waals surface area contributed by atoms with E-state index < -0.39 is 24.5 Å². The number of amides is 4.